The van der Waals surface area contributed by atoms with Crippen LogP contribution in [0.15, 0.2) is 18.2 Å². The van der Waals surface area contributed by atoms with E-state index in [0.717, 1.165) is 31.6 Å². The fourth-order valence-corrected chi connectivity index (χ4v) is 3.11. The number of amides is 1. The molecule has 0 atom stereocenters. The van der Waals surface area contributed by atoms with E-state index in [-0.39, 0.29) is 11.6 Å². The zero-order chi connectivity index (χ0) is 15.0. The van der Waals surface area contributed by atoms with Gasteiger partial charge >= 0.3 is 6.09 Å². The normalized spacial score (nSPS) is 23.4. The highest BCUT2D eigenvalue weighted by Gasteiger charge is 2.41. The monoisotopic (exact) mass is 289 g/mol. The van der Waals surface area contributed by atoms with Gasteiger partial charge in [0.05, 0.1) is 5.54 Å². The lowest BCUT2D eigenvalue weighted by Crippen LogP contribution is -2.42. The molecular formula is C16H23N3O2. The molecule has 3 rings (SSSR count). The van der Waals surface area contributed by atoms with Crippen molar-refractivity contribution in [2.24, 2.45) is 0 Å². The number of aromatic nitrogens is 1. The molecule has 0 aliphatic carbocycles. The number of likely N-dealkylation sites (tertiary alicyclic amines) is 1. The lowest BCUT2D eigenvalue weighted by Gasteiger charge is -2.30. The number of pyridine rings is 1. The van der Waals surface area contributed by atoms with Gasteiger partial charge in [-0.3, -0.25) is 4.90 Å². The van der Waals surface area contributed by atoms with Crippen LogP contribution in [0.1, 0.15) is 38.3 Å². The van der Waals surface area contributed by atoms with E-state index >= 15 is 0 Å². The Kier molecular flexibility index (Phi) is 3.61. The van der Waals surface area contributed by atoms with Crippen LogP contribution in [-0.2, 0) is 4.74 Å². The molecule has 0 bridgehead atoms. The van der Waals surface area contributed by atoms with Gasteiger partial charge in [-0.1, -0.05) is 6.07 Å². The van der Waals surface area contributed by atoms with Gasteiger partial charge in [-0.2, -0.15) is 0 Å². The number of carbonyl (C=O) groups is 1. The van der Waals surface area contributed by atoms with Crippen molar-refractivity contribution in [3.05, 3.63) is 23.9 Å². The van der Waals surface area contributed by atoms with Gasteiger partial charge in [0.2, 0.25) is 0 Å². The van der Waals surface area contributed by atoms with Crippen molar-refractivity contribution in [3.63, 3.8) is 0 Å². The molecule has 1 aromatic heterocycles. The first-order chi connectivity index (χ1) is 9.97. The summed E-state index contributed by atoms with van der Waals surface area (Å²) in [4.78, 5) is 20.8. The van der Waals surface area contributed by atoms with E-state index in [4.69, 9.17) is 9.72 Å². The van der Waals surface area contributed by atoms with E-state index < -0.39 is 0 Å². The van der Waals surface area contributed by atoms with Crippen LogP contribution in [0.4, 0.5) is 10.6 Å². The maximum Gasteiger partial charge on any atom is 0.416 e. The third-order valence-electron chi connectivity index (χ3n) is 4.46. The Morgan fingerprint density at radius 1 is 1.29 bits per heavy atom. The van der Waals surface area contributed by atoms with Crippen molar-refractivity contribution in [2.75, 3.05) is 31.6 Å². The van der Waals surface area contributed by atoms with E-state index in [2.05, 4.69) is 18.0 Å². The molecule has 2 fully saturated rings. The van der Waals surface area contributed by atoms with E-state index in [9.17, 15) is 4.79 Å². The van der Waals surface area contributed by atoms with E-state index in [1.807, 2.05) is 26.0 Å². The summed E-state index contributed by atoms with van der Waals surface area (Å²) >= 11 is 0. The number of rotatable bonds is 2. The first-order valence-electron chi connectivity index (χ1n) is 7.60. The molecule has 0 saturated carbocycles. The highest BCUT2D eigenvalue weighted by Crippen LogP contribution is 2.32. The number of hydrogen-bond donors (Lipinski definition) is 0. The maximum atomic E-state index is 12.0. The summed E-state index contributed by atoms with van der Waals surface area (Å²) in [5, 5.41) is 0. The van der Waals surface area contributed by atoms with Gasteiger partial charge in [0, 0.05) is 11.6 Å². The van der Waals surface area contributed by atoms with Gasteiger partial charge in [-0.15, -0.1) is 0 Å². The molecule has 3 heterocycles. The fourth-order valence-electron chi connectivity index (χ4n) is 3.11. The van der Waals surface area contributed by atoms with Crippen LogP contribution in [-0.4, -0.2) is 48.3 Å². The highest BCUT2D eigenvalue weighted by atomic mass is 16.6. The maximum absolute atomic E-state index is 12.0. The predicted molar refractivity (Wildman–Crippen MR) is 81.6 cm³/mol. The first kappa shape index (κ1) is 14.3. The van der Waals surface area contributed by atoms with Gasteiger partial charge in [-0.25, -0.2) is 9.78 Å². The Hall–Kier alpha value is -1.62. The van der Waals surface area contributed by atoms with Crippen LogP contribution in [0.5, 0.6) is 0 Å². The molecule has 1 amide bonds. The van der Waals surface area contributed by atoms with Crippen molar-refractivity contribution in [2.45, 2.75) is 38.1 Å². The zero-order valence-electron chi connectivity index (χ0n) is 13.0. The van der Waals surface area contributed by atoms with Crippen LogP contribution >= 0.6 is 0 Å². The van der Waals surface area contributed by atoms with Gasteiger partial charge in [0.1, 0.15) is 12.4 Å². The first-order valence-corrected chi connectivity index (χ1v) is 7.60. The Bertz CT molecular complexity index is 536. The molecule has 0 radical (unpaired) electrons. The molecule has 0 aromatic carbocycles. The summed E-state index contributed by atoms with van der Waals surface area (Å²) in [5.41, 5.74) is 0.756. The minimum Gasteiger partial charge on any atom is -0.447 e. The topological polar surface area (TPSA) is 45.7 Å². The summed E-state index contributed by atoms with van der Waals surface area (Å²) in [6.45, 7) is 6.62. The average Bonchev–Trinajstić information content (AvgIpc) is 2.73. The van der Waals surface area contributed by atoms with Crippen molar-refractivity contribution < 1.29 is 9.53 Å². The SMILES string of the molecule is CN1CCC(c2cccc(N3C(=O)OCC3(C)C)n2)CC1. The minimum atomic E-state index is -0.338. The molecule has 5 heteroatoms. The molecule has 1 aromatic rings. The number of ether oxygens (including phenoxy) is 1. The lowest BCUT2D eigenvalue weighted by molar-refractivity contribution is 0.175. The predicted octanol–water partition coefficient (Wildman–Crippen LogP) is 2.63. The third-order valence-corrected chi connectivity index (χ3v) is 4.46. The Labute approximate surface area is 125 Å². The van der Waals surface area contributed by atoms with E-state index in [0.29, 0.717) is 18.3 Å². The summed E-state index contributed by atoms with van der Waals surface area (Å²) in [6, 6.07) is 5.97. The van der Waals surface area contributed by atoms with E-state index in [1.54, 1.807) is 4.90 Å². The van der Waals surface area contributed by atoms with Crippen LogP contribution in [0.25, 0.3) is 0 Å². The molecule has 2 aliphatic rings. The largest absolute Gasteiger partial charge is 0.447 e. The number of piperidine rings is 1. The van der Waals surface area contributed by atoms with Crippen LogP contribution in [0.2, 0.25) is 0 Å². The highest BCUT2D eigenvalue weighted by molar-refractivity contribution is 5.90. The third kappa shape index (κ3) is 2.75. The second kappa shape index (κ2) is 5.30. The summed E-state index contributed by atoms with van der Waals surface area (Å²) in [5.74, 6) is 1.20. The molecule has 0 unspecified atom stereocenters. The van der Waals surface area contributed by atoms with Gasteiger partial charge in [0.15, 0.2) is 0 Å². The number of cyclic esters (lactones) is 1. The molecule has 0 spiro atoms. The number of nitrogens with zero attached hydrogens (tertiary/aromatic N) is 3. The smallest absolute Gasteiger partial charge is 0.416 e. The zero-order valence-corrected chi connectivity index (χ0v) is 13.0. The lowest BCUT2D eigenvalue weighted by atomic mass is 9.93. The Morgan fingerprint density at radius 3 is 2.62 bits per heavy atom. The molecule has 21 heavy (non-hydrogen) atoms. The Morgan fingerprint density at radius 2 is 2.00 bits per heavy atom. The fraction of sp³-hybridized carbons (Fsp3) is 0.625. The Balaban J connectivity index is 1.85. The van der Waals surface area contributed by atoms with Crippen molar-refractivity contribution in [3.8, 4) is 0 Å². The van der Waals surface area contributed by atoms with Gasteiger partial charge in [0.25, 0.3) is 0 Å². The second-order valence-corrected chi connectivity index (χ2v) is 6.70. The number of anilines is 1. The molecule has 0 N–H and O–H groups in total. The standard InChI is InChI=1S/C16H23N3O2/c1-16(2)11-21-15(20)19(16)14-6-4-5-13(17-14)12-7-9-18(3)10-8-12/h4-6,12H,7-11H2,1-3H3. The molecule has 2 saturated heterocycles. The van der Waals surface area contributed by atoms with Gasteiger partial charge in [-0.05, 0) is 59.0 Å². The van der Waals surface area contributed by atoms with Crippen LogP contribution in [0, 0.1) is 0 Å². The quantitative estimate of drug-likeness (QED) is 0.839. The molecular weight excluding hydrogens is 266 g/mol. The summed E-state index contributed by atoms with van der Waals surface area (Å²) in [6.07, 6.45) is 1.95. The number of hydrogen-bond acceptors (Lipinski definition) is 4. The van der Waals surface area contributed by atoms with Crippen LogP contribution in [0.3, 0.4) is 0 Å². The van der Waals surface area contributed by atoms with Gasteiger partial charge < -0.3 is 9.64 Å². The summed E-state index contributed by atoms with van der Waals surface area (Å²) in [7, 11) is 2.16. The molecule has 114 valence electrons. The minimum absolute atomic E-state index is 0.298. The second-order valence-electron chi connectivity index (χ2n) is 6.70. The van der Waals surface area contributed by atoms with Crippen molar-refractivity contribution in [1.29, 1.82) is 0 Å². The summed E-state index contributed by atoms with van der Waals surface area (Å²) < 4.78 is 5.17. The van der Waals surface area contributed by atoms with Crippen molar-refractivity contribution in [1.82, 2.24) is 9.88 Å². The average molecular weight is 289 g/mol. The van der Waals surface area contributed by atoms with Crippen LogP contribution < -0.4 is 4.90 Å². The number of carbonyl (C=O) groups excluding carboxylic acids is 1. The van der Waals surface area contributed by atoms with E-state index in [1.165, 1.54) is 0 Å². The molecule has 2 aliphatic heterocycles. The van der Waals surface area contributed by atoms with Crippen molar-refractivity contribution >= 4 is 11.9 Å². The molecule has 5 nitrogen and oxygen atoms in total.